The third kappa shape index (κ3) is 2.68. The van der Waals surface area contributed by atoms with Gasteiger partial charge < -0.3 is 14.9 Å². The molecule has 0 fully saturated rings. The van der Waals surface area contributed by atoms with E-state index in [1.165, 1.54) is 19.1 Å². The summed E-state index contributed by atoms with van der Waals surface area (Å²) in [7, 11) is 0. The Labute approximate surface area is 81.8 Å². The molecule has 0 aliphatic carbocycles. The maximum absolute atomic E-state index is 13.2. The van der Waals surface area contributed by atoms with Gasteiger partial charge in [-0.2, -0.15) is 0 Å². The van der Waals surface area contributed by atoms with Gasteiger partial charge in [0.15, 0.2) is 0 Å². The van der Waals surface area contributed by atoms with Gasteiger partial charge in [0, 0.05) is 11.6 Å². The Morgan fingerprint density at radius 1 is 1.50 bits per heavy atom. The Balaban J connectivity index is 2.78. The van der Waals surface area contributed by atoms with Crippen LogP contribution in [0, 0.1) is 5.82 Å². The van der Waals surface area contributed by atoms with Crippen molar-refractivity contribution in [3.05, 3.63) is 29.6 Å². The van der Waals surface area contributed by atoms with Gasteiger partial charge in [0.2, 0.25) is 0 Å². The van der Waals surface area contributed by atoms with Gasteiger partial charge in [0.05, 0.1) is 12.7 Å². The van der Waals surface area contributed by atoms with Crippen LogP contribution in [0.4, 0.5) is 4.39 Å². The van der Waals surface area contributed by atoms with Gasteiger partial charge in [-0.1, -0.05) is 0 Å². The van der Waals surface area contributed by atoms with Crippen LogP contribution in [-0.4, -0.2) is 23.4 Å². The van der Waals surface area contributed by atoms with Gasteiger partial charge in [0.25, 0.3) is 0 Å². The molecular weight excluding hydrogens is 187 g/mol. The normalized spacial score (nSPS) is 12.6. The molecule has 0 aliphatic heterocycles. The van der Waals surface area contributed by atoms with Crippen LogP contribution in [0.5, 0.6) is 5.75 Å². The predicted octanol–water partition coefficient (Wildman–Crippen LogP) is 1.25. The van der Waals surface area contributed by atoms with Crippen molar-refractivity contribution in [2.24, 2.45) is 0 Å². The van der Waals surface area contributed by atoms with Crippen LogP contribution < -0.4 is 4.74 Å². The minimum Gasteiger partial charge on any atom is -0.491 e. The quantitative estimate of drug-likeness (QED) is 0.769. The summed E-state index contributed by atoms with van der Waals surface area (Å²) < 4.78 is 18.2. The van der Waals surface area contributed by atoms with Crippen LogP contribution in [0.3, 0.4) is 0 Å². The molecule has 1 aromatic carbocycles. The van der Waals surface area contributed by atoms with E-state index < -0.39 is 11.9 Å². The molecule has 0 heterocycles. The van der Waals surface area contributed by atoms with Crippen molar-refractivity contribution >= 4 is 0 Å². The number of ether oxygens (including phenoxy) is 1. The first-order valence-corrected chi connectivity index (χ1v) is 4.36. The molecule has 0 aliphatic rings. The molecule has 0 radical (unpaired) electrons. The summed E-state index contributed by atoms with van der Waals surface area (Å²) in [5.41, 5.74) is 0.237. The molecular formula is C10H13FO3. The van der Waals surface area contributed by atoms with Crippen molar-refractivity contribution in [3.8, 4) is 5.75 Å². The standard InChI is InChI=1S/C10H13FO3/c1-7(13)9-3-2-8(6-10(9)11)14-5-4-12/h2-3,6-7,12-13H,4-5H2,1H3/t7-/m1/s1. The van der Waals surface area contributed by atoms with E-state index in [1.807, 2.05) is 0 Å². The molecule has 0 spiro atoms. The third-order valence-corrected chi connectivity index (χ3v) is 1.78. The zero-order valence-corrected chi connectivity index (χ0v) is 7.90. The molecule has 1 atom stereocenters. The van der Waals surface area contributed by atoms with Gasteiger partial charge in [0.1, 0.15) is 18.2 Å². The fourth-order valence-corrected chi connectivity index (χ4v) is 1.10. The Morgan fingerprint density at radius 3 is 2.71 bits per heavy atom. The minimum absolute atomic E-state index is 0.111. The summed E-state index contributed by atoms with van der Waals surface area (Å²) in [6, 6.07) is 4.21. The smallest absolute Gasteiger partial charge is 0.132 e. The van der Waals surface area contributed by atoms with Crippen LogP contribution >= 0.6 is 0 Å². The van der Waals surface area contributed by atoms with E-state index in [0.717, 1.165) is 0 Å². The Morgan fingerprint density at radius 2 is 2.21 bits per heavy atom. The lowest BCUT2D eigenvalue weighted by molar-refractivity contribution is 0.191. The Bertz CT molecular complexity index is 299. The van der Waals surface area contributed by atoms with E-state index >= 15 is 0 Å². The Kier molecular flexibility index (Phi) is 3.85. The summed E-state index contributed by atoms with van der Waals surface area (Å²) in [5.74, 6) is -0.156. The fourth-order valence-electron chi connectivity index (χ4n) is 1.10. The second-order valence-corrected chi connectivity index (χ2v) is 2.93. The van der Waals surface area contributed by atoms with Gasteiger partial charge >= 0.3 is 0 Å². The van der Waals surface area contributed by atoms with Crippen LogP contribution in [0.1, 0.15) is 18.6 Å². The van der Waals surface area contributed by atoms with Gasteiger partial charge in [-0.3, -0.25) is 0 Å². The average Bonchev–Trinajstić information content (AvgIpc) is 2.14. The van der Waals surface area contributed by atoms with Crippen molar-refractivity contribution in [1.29, 1.82) is 0 Å². The molecule has 0 saturated carbocycles. The number of halogens is 1. The molecule has 78 valence electrons. The lowest BCUT2D eigenvalue weighted by atomic mass is 10.1. The zero-order chi connectivity index (χ0) is 10.6. The number of aliphatic hydroxyl groups is 2. The van der Waals surface area contributed by atoms with E-state index in [0.29, 0.717) is 5.75 Å². The van der Waals surface area contributed by atoms with Crippen molar-refractivity contribution in [2.45, 2.75) is 13.0 Å². The van der Waals surface area contributed by atoms with Crippen LogP contribution in [0.15, 0.2) is 18.2 Å². The SMILES string of the molecule is C[C@@H](O)c1ccc(OCCO)cc1F. The number of benzene rings is 1. The summed E-state index contributed by atoms with van der Waals surface area (Å²) >= 11 is 0. The minimum atomic E-state index is -0.832. The molecule has 4 heteroatoms. The van der Waals surface area contributed by atoms with E-state index in [1.54, 1.807) is 6.07 Å². The highest BCUT2D eigenvalue weighted by molar-refractivity contribution is 5.29. The number of rotatable bonds is 4. The van der Waals surface area contributed by atoms with Crippen LogP contribution in [0.2, 0.25) is 0 Å². The first-order valence-electron chi connectivity index (χ1n) is 4.36. The molecule has 14 heavy (non-hydrogen) atoms. The molecule has 0 aromatic heterocycles. The molecule has 3 nitrogen and oxygen atoms in total. The van der Waals surface area contributed by atoms with Gasteiger partial charge in [-0.15, -0.1) is 0 Å². The van der Waals surface area contributed by atoms with Crippen molar-refractivity contribution < 1.29 is 19.3 Å². The summed E-state index contributed by atoms with van der Waals surface area (Å²) in [6.45, 7) is 1.51. The topological polar surface area (TPSA) is 49.7 Å². The Hall–Kier alpha value is -1.13. The van der Waals surface area contributed by atoms with Crippen molar-refractivity contribution in [3.63, 3.8) is 0 Å². The zero-order valence-electron chi connectivity index (χ0n) is 7.90. The van der Waals surface area contributed by atoms with Crippen molar-refractivity contribution in [1.82, 2.24) is 0 Å². The van der Waals surface area contributed by atoms with Crippen molar-refractivity contribution in [2.75, 3.05) is 13.2 Å². The van der Waals surface area contributed by atoms with E-state index in [9.17, 15) is 4.39 Å². The average molecular weight is 200 g/mol. The molecule has 0 bridgehead atoms. The van der Waals surface area contributed by atoms with Crippen LogP contribution in [-0.2, 0) is 0 Å². The molecule has 2 N–H and O–H groups in total. The maximum atomic E-state index is 13.2. The first kappa shape index (κ1) is 10.9. The fraction of sp³-hybridized carbons (Fsp3) is 0.400. The van der Waals surface area contributed by atoms with Gasteiger partial charge in [-0.05, 0) is 19.1 Å². The number of hydrogen-bond donors (Lipinski definition) is 2. The van der Waals surface area contributed by atoms with E-state index in [4.69, 9.17) is 14.9 Å². The molecule has 0 unspecified atom stereocenters. The van der Waals surface area contributed by atoms with E-state index in [2.05, 4.69) is 0 Å². The second kappa shape index (κ2) is 4.93. The lowest BCUT2D eigenvalue weighted by Crippen LogP contribution is -2.03. The highest BCUT2D eigenvalue weighted by Gasteiger charge is 2.08. The van der Waals surface area contributed by atoms with Gasteiger partial charge in [-0.25, -0.2) is 4.39 Å². The molecule has 1 aromatic rings. The largest absolute Gasteiger partial charge is 0.491 e. The highest BCUT2D eigenvalue weighted by Crippen LogP contribution is 2.21. The monoisotopic (exact) mass is 200 g/mol. The summed E-state index contributed by atoms with van der Waals surface area (Å²) in [5, 5.41) is 17.6. The van der Waals surface area contributed by atoms with E-state index in [-0.39, 0.29) is 18.8 Å². The predicted molar refractivity (Wildman–Crippen MR) is 49.6 cm³/mol. The second-order valence-electron chi connectivity index (χ2n) is 2.93. The summed E-state index contributed by atoms with van der Waals surface area (Å²) in [4.78, 5) is 0. The first-order chi connectivity index (χ1) is 6.65. The van der Waals surface area contributed by atoms with Crippen LogP contribution in [0.25, 0.3) is 0 Å². The summed E-state index contributed by atoms with van der Waals surface area (Å²) in [6.07, 6.45) is -0.832. The lowest BCUT2D eigenvalue weighted by Gasteiger charge is -2.08. The molecule has 0 saturated heterocycles. The molecule has 0 amide bonds. The number of hydrogen-bond acceptors (Lipinski definition) is 3. The maximum Gasteiger partial charge on any atom is 0.132 e. The highest BCUT2D eigenvalue weighted by atomic mass is 19.1. The third-order valence-electron chi connectivity index (χ3n) is 1.78. The molecule has 1 rings (SSSR count). The number of aliphatic hydroxyl groups excluding tert-OH is 2.